The minimum Gasteiger partial charge on any atom is -0.330 e. The summed E-state index contributed by atoms with van der Waals surface area (Å²) in [7, 11) is 3.36. The average molecular weight is 249 g/mol. The van der Waals surface area contributed by atoms with Crippen molar-refractivity contribution in [2.24, 2.45) is 0 Å². The number of anilines is 1. The smallest absolute Gasteiger partial charge is 0.325 e. The molecule has 1 heterocycles. The lowest BCUT2D eigenvalue weighted by Crippen LogP contribution is -2.40. The van der Waals surface area contributed by atoms with Crippen LogP contribution < -0.4 is 4.90 Å². The van der Waals surface area contributed by atoms with Crippen LogP contribution in [-0.4, -0.2) is 42.8 Å². The molecule has 0 aliphatic heterocycles. The first-order valence-corrected chi connectivity index (χ1v) is 5.83. The van der Waals surface area contributed by atoms with Crippen molar-refractivity contribution in [2.75, 3.05) is 25.5 Å². The Bertz CT molecular complexity index is 424. The largest absolute Gasteiger partial charge is 0.330 e. The number of aryl methyl sites for hydroxylation is 2. The molecule has 0 saturated carbocycles. The molecule has 2 amide bonds. The Balaban J connectivity index is 3.07. The van der Waals surface area contributed by atoms with Gasteiger partial charge in [-0.3, -0.25) is 4.90 Å². The van der Waals surface area contributed by atoms with Crippen LogP contribution in [0.4, 0.5) is 10.6 Å². The van der Waals surface area contributed by atoms with Crippen LogP contribution in [0.2, 0.25) is 0 Å². The van der Waals surface area contributed by atoms with Crippen molar-refractivity contribution in [3.63, 3.8) is 0 Å². The van der Waals surface area contributed by atoms with Gasteiger partial charge in [-0.2, -0.15) is 0 Å². The zero-order valence-electron chi connectivity index (χ0n) is 11.3. The Morgan fingerprint density at radius 3 is 2.50 bits per heavy atom. The van der Waals surface area contributed by atoms with Crippen LogP contribution in [0.5, 0.6) is 0 Å². The molecule has 1 aromatic heterocycles. The number of carbonyl (C=O) groups is 2. The van der Waals surface area contributed by atoms with Crippen LogP contribution >= 0.6 is 0 Å². The van der Waals surface area contributed by atoms with E-state index >= 15 is 0 Å². The van der Waals surface area contributed by atoms with E-state index in [2.05, 4.69) is 4.98 Å². The van der Waals surface area contributed by atoms with E-state index in [-0.39, 0.29) is 6.03 Å². The van der Waals surface area contributed by atoms with Crippen molar-refractivity contribution < 1.29 is 9.59 Å². The fourth-order valence-electron chi connectivity index (χ4n) is 1.69. The molecule has 0 spiro atoms. The molecule has 98 valence electrons. The summed E-state index contributed by atoms with van der Waals surface area (Å²) >= 11 is 0. The standard InChI is InChI=1S/C13H19N3O2/c1-10-8-11(2)14-12(9-10)16(6-5-7-17)13(18)15(3)4/h7-9H,5-6H2,1-4H3. The van der Waals surface area contributed by atoms with E-state index in [0.29, 0.717) is 18.8 Å². The summed E-state index contributed by atoms with van der Waals surface area (Å²) in [5, 5.41) is 0. The van der Waals surface area contributed by atoms with Gasteiger partial charge in [0.1, 0.15) is 12.1 Å². The predicted molar refractivity (Wildman–Crippen MR) is 70.8 cm³/mol. The SMILES string of the molecule is Cc1cc(C)nc(N(CCC=O)C(=O)N(C)C)c1. The van der Waals surface area contributed by atoms with Crippen molar-refractivity contribution >= 4 is 18.1 Å². The van der Waals surface area contributed by atoms with Crippen LogP contribution in [0, 0.1) is 13.8 Å². The lowest BCUT2D eigenvalue weighted by molar-refractivity contribution is -0.107. The number of carbonyl (C=O) groups excluding carboxylic acids is 2. The lowest BCUT2D eigenvalue weighted by atomic mass is 10.2. The van der Waals surface area contributed by atoms with Crippen molar-refractivity contribution in [2.45, 2.75) is 20.3 Å². The van der Waals surface area contributed by atoms with E-state index in [4.69, 9.17) is 0 Å². The predicted octanol–water partition coefficient (Wildman–Crippen LogP) is 1.78. The number of hydrogen-bond donors (Lipinski definition) is 0. The molecule has 0 bridgehead atoms. The second-order valence-corrected chi connectivity index (χ2v) is 4.43. The highest BCUT2D eigenvalue weighted by molar-refractivity contribution is 5.91. The summed E-state index contributed by atoms with van der Waals surface area (Å²) in [6.07, 6.45) is 1.10. The summed E-state index contributed by atoms with van der Waals surface area (Å²) in [5.74, 6) is 0.591. The van der Waals surface area contributed by atoms with Gasteiger partial charge in [-0.05, 0) is 31.5 Å². The summed E-state index contributed by atoms with van der Waals surface area (Å²) in [4.78, 5) is 29.9. The van der Waals surface area contributed by atoms with Gasteiger partial charge in [-0.1, -0.05) is 0 Å². The normalized spacial score (nSPS) is 10.0. The maximum absolute atomic E-state index is 12.1. The van der Waals surface area contributed by atoms with Gasteiger partial charge in [-0.25, -0.2) is 9.78 Å². The maximum atomic E-state index is 12.1. The third-order valence-electron chi connectivity index (χ3n) is 2.44. The molecule has 1 aromatic rings. The minimum atomic E-state index is -0.172. The van der Waals surface area contributed by atoms with Gasteiger partial charge in [0, 0.05) is 32.8 Å². The molecule has 0 aliphatic carbocycles. The summed E-state index contributed by atoms with van der Waals surface area (Å²) in [6.45, 7) is 4.18. The molecule has 0 fully saturated rings. The maximum Gasteiger partial charge on any atom is 0.325 e. The van der Waals surface area contributed by atoms with Crippen LogP contribution in [0.1, 0.15) is 17.7 Å². The number of urea groups is 1. The molecule has 5 heteroatoms. The molecule has 0 aliphatic rings. The van der Waals surface area contributed by atoms with E-state index in [0.717, 1.165) is 17.5 Å². The van der Waals surface area contributed by atoms with Gasteiger partial charge < -0.3 is 9.69 Å². The molecular formula is C13H19N3O2. The van der Waals surface area contributed by atoms with Crippen molar-refractivity contribution in [1.29, 1.82) is 0 Å². The Kier molecular flexibility index (Phi) is 4.83. The Morgan fingerprint density at radius 1 is 1.33 bits per heavy atom. The molecule has 0 unspecified atom stereocenters. The first-order valence-electron chi connectivity index (χ1n) is 5.83. The topological polar surface area (TPSA) is 53.5 Å². The molecule has 0 saturated heterocycles. The molecule has 0 N–H and O–H groups in total. The number of nitrogens with zero attached hydrogens (tertiary/aromatic N) is 3. The molecule has 0 atom stereocenters. The van der Waals surface area contributed by atoms with Gasteiger partial charge in [0.2, 0.25) is 0 Å². The summed E-state index contributed by atoms with van der Waals surface area (Å²) in [6, 6.07) is 3.62. The highest BCUT2D eigenvalue weighted by Crippen LogP contribution is 2.16. The van der Waals surface area contributed by atoms with Gasteiger partial charge >= 0.3 is 6.03 Å². The monoisotopic (exact) mass is 249 g/mol. The van der Waals surface area contributed by atoms with E-state index in [1.54, 1.807) is 14.1 Å². The van der Waals surface area contributed by atoms with Crippen molar-refractivity contribution in [3.8, 4) is 0 Å². The molecular weight excluding hydrogens is 230 g/mol. The van der Waals surface area contributed by atoms with E-state index in [1.165, 1.54) is 9.80 Å². The number of rotatable bonds is 4. The molecule has 1 rings (SSSR count). The number of hydrogen-bond acceptors (Lipinski definition) is 3. The first kappa shape index (κ1) is 14.2. The average Bonchev–Trinajstić information content (AvgIpc) is 2.27. The summed E-state index contributed by atoms with van der Waals surface area (Å²) < 4.78 is 0. The third-order valence-corrected chi connectivity index (χ3v) is 2.44. The molecule has 0 radical (unpaired) electrons. The zero-order valence-corrected chi connectivity index (χ0v) is 11.3. The number of aromatic nitrogens is 1. The Hall–Kier alpha value is -1.91. The van der Waals surface area contributed by atoms with E-state index in [1.807, 2.05) is 26.0 Å². The zero-order chi connectivity index (χ0) is 13.7. The second-order valence-electron chi connectivity index (χ2n) is 4.43. The fraction of sp³-hybridized carbons (Fsp3) is 0.462. The highest BCUT2D eigenvalue weighted by Gasteiger charge is 2.18. The lowest BCUT2D eigenvalue weighted by Gasteiger charge is -2.25. The molecule has 18 heavy (non-hydrogen) atoms. The fourth-order valence-corrected chi connectivity index (χ4v) is 1.69. The second kappa shape index (κ2) is 6.14. The molecule has 5 nitrogen and oxygen atoms in total. The first-order chi connectivity index (χ1) is 8.45. The van der Waals surface area contributed by atoms with E-state index in [9.17, 15) is 9.59 Å². The highest BCUT2D eigenvalue weighted by atomic mass is 16.2. The van der Waals surface area contributed by atoms with Gasteiger partial charge in [0.15, 0.2) is 0 Å². The van der Waals surface area contributed by atoms with Crippen LogP contribution in [0.15, 0.2) is 12.1 Å². The van der Waals surface area contributed by atoms with Crippen molar-refractivity contribution in [1.82, 2.24) is 9.88 Å². The van der Waals surface area contributed by atoms with Gasteiger partial charge in [0.05, 0.1) is 0 Å². The van der Waals surface area contributed by atoms with E-state index < -0.39 is 0 Å². The number of pyridine rings is 1. The van der Waals surface area contributed by atoms with Crippen molar-refractivity contribution in [3.05, 3.63) is 23.4 Å². The van der Waals surface area contributed by atoms with Gasteiger partial charge in [-0.15, -0.1) is 0 Å². The Morgan fingerprint density at radius 2 is 2.00 bits per heavy atom. The van der Waals surface area contributed by atoms with Gasteiger partial charge in [0.25, 0.3) is 0 Å². The third kappa shape index (κ3) is 3.55. The quantitative estimate of drug-likeness (QED) is 0.764. The van der Waals surface area contributed by atoms with Crippen LogP contribution in [0.25, 0.3) is 0 Å². The summed E-state index contributed by atoms with van der Waals surface area (Å²) in [5.41, 5.74) is 1.90. The number of amides is 2. The van der Waals surface area contributed by atoms with Crippen LogP contribution in [-0.2, 0) is 4.79 Å². The minimum absolute atomic E-state index is 0.172. The molecule has 0 aromatic carbocycles. The van der Waals surface area contributed by atoms with Crippen LogP contribution in [0.3, 0.4) is 0 Å². The Labute approximate surface area is 107 Å². The number of aldehydes is 1.